The maximum Gasteiger partial charge on any atom is 0.225 e. The second-order valence-corrected chi connectivity index (χ2v) is 7.11. The van der Waals surface area contributed by atoms with Gasteiger partial charge in [0.05, 0.1) is 12.5 Å². The van der Waals surface area contributed by atoms with E-state index in [-0.39, 0.29) is 11.9 Å². The molecule has 0 unspecified atom stereocenters. The number of benzene rings is 1. The van der Waals surface area contributed by atoms with Crippen molar-refractivity contribution in [2.45, 2.75) is 18.9 Å². The lowest BCUT2D eigenvalue weighted by Crippen LogP contribution is -2.31. The quantitative estimate of drug-likeness (QED) is 0.687. The summed E-state index contributed by atoms with van der Waals surface area (Å²) in [4.78, 5) is 12.5. The summed E-state index contributed by atoms with van der Waals surface area (Å²) in [5.41, 5.74) is 1.70. The van der Waals surface area contributed by atoms with Gasteiger partial charge in [-0.05, 0) is 48.3 Å². The Bertz CT molecular complexity index is 850. The minimum atomic E-state index is -0.176. The van der Waals surface area contributed by atoms with Crippen LogP contribution in [0.2, 0.25) is 5.02 Å². The van der Waals surface area contributed by atoms with Crippen LogP contribution in [-0.4, -0.2) is 32.5 Å². The van der Waals surface area contributed by atoms with Crippen molar-refractivity contribution in [1.29, 1.82) is 0 Å². The maximum atomic E-state index is 12.5. The lowest BCUT2D eigenvalue weighted by molar-refractivity contribution is -0.121. The largest absolute Gasteiger partial charge is 0.346 e. The zero-order chi connectivity index (χ0) is 17.6. The third-order valence-corrected chi connectivity index (χ3v) is 4.77. The maximum absolute atomic E-state index is 12.5. The van der Waals surface area contributed by atoms with Crippen LogP contribution in [0.25, 0.3) is 5.65 Å². The lowest BCUT2D eigenvalue weighted by atomic mass is 10.1. The highest BCUT2D eigenvalue weighted by Gasteiger charge is 2.20. The van der Waals surface area contributed by atoms with Crippen LogP contribution >= 0.6 is 23.4 Å². The summed E-state index contributed by atoms with van der Waals surface area (Å²) >= 11 is 7.63. The van der Waals surface area contributed by atoms with Crippen LogP contribution in [0.3, 0.4) is 0 Å². The van der Waals surface area contributed by atoms with Crippen LogP contribution in [0.5, 0.6) is 0 Å². The molecule has 3 rings (SSSR count). The number of aromatic nitrogens is 3. The van der Waals surface area contributed by atoms with E-state index in [2.05, 4.69) is 21.8 Å². The second kappa shape index (κ2) is 8.36. The monoisotopic (exact) mass is 374 g/mol. The van der Waals surface area contributed by atoms with Crippen LogP contribution < -0.4 is 5.32 Å². The zero-order valence-corrected chi connectivity index (χ0v) is 15.4. The van der Waals surface area contributed by atoms with E-state index >= 15 is 0 Å². The van der Waals surface area contributed by atoms with Gasteiger partial charge in [0, 0.05) is 11.2 Å². The summed E-state index contributed by atoms with van der Waals surface area (Å²) in [5.74, 6) is 1.64. The summed E-state index contributed by atoms with van der Waals surface area (Å²) in [7, 11) is 0. The highest BCUT2D eigenvalue weighted by Crippen LogP contribution is 2.19. The third kappa shape index (κ3) is 4.52. The number of hydrogen-bond donors (Lipinski definition) is 1. The van der Waals surface area contributed by atoms with Crippen molar-refractivity contribution in [2.75, 3.05) is 12.0 Å². The van der Waals surface area contributed by atoms with E-state index in [9.17, 15) is 4.79 Å². The highest BCUT2D eigenvalue weighted by molar-refractivity contribution is 7.98. The Kier molecular flexibility index (Phi) is 5.94. The van der Waals surface area contributed by atoms with Gasteiger partial charge in [0.1, 0.15) is 0 Å². The molecule has 0 bridgehead atoms. The molecule has 25 heavy (non-hydrogen) atoms. The number of nitrogens with zero attached hydrogens (tertiary/aromatic N) is 3. The van der Waals surface area contributed by atoms with Crippen molar-refractivity contribution in [1.82, 2.24) is 19.9 Å². The molecule has 5 nitrogen and oxygen atoms in total. The molecule has 0 aliphatic heterocycles. The van der Waals surface area contributed by atoms with Gasteiger partial charge in [-0.25, -0.2) is 0 Å². The topological polar surface area (TPSA) is 59.3 Å². The Morgan fingerprint density at radius 3 is 2.80 bits per heavy atom. The highest BCUT2D eigenvalue weighted by atomic mass is 35.5. The molecule has 0 saturated carbocycles. The molecule has 1 N–H and O–H groups in total. The predicted molar refractivity (Wildman–Crippen MR) is 102 cm³/mol. The Morgan fingerprint density at radius 1 is 1.24 bits per heavy atom. The fourth-order valence-corrected chi connectivity index (χ4v) is 3.23. The van der Waals surface area contributed by atoms with Gasteiger partial charge >= 0.3 is 0 Å². The first-order valence-corrected chi connectivity index (χ1v) is 9.77. The molecule has 0 fully saturated rings. The van der Waals surface area contributed by atoms with Gasteiger partial charge in [0.25, 0.3) is 0 Å². The van der Waals surface area contributed by atoms with E-state index in [1.807, 2.05) is 40.9 Å². The van der Waals surface area contributed by atoms with Crippen LogP contribution in [0.15, 0.2) is 48.7 Å². The van der Waals surface area contributed by atoms with E-state index in [1.165, 1.54) is 0 Å². The molecule has 0 spiro atoms. The first kappa shape index (κ1) is 17.8. The molecule has 0 aliphatic rings. The van der Waals surface area contributed by atoms with Gasteiger partial charge in [0.15, 0.2) is 11.5 Å². The smallest absolute Gasteiger partial charge is 0.225 e. The van der Waals surface area contributed by atoms with Gasteiger partial charge < -0.3 is 5.32 Å². The molecule has 0 saturated heterocycles. The van der Waals surface area contributed by atoms with Gasteiger partial charge in [-0.1, -0.05) is 29.8 Å². The number of carbonyl (C=O) groups is 1. The van der Waals surface area contributed by atoms with Crippen molar-refractivity contribution in [2.24, 2.45) is 0 Å². The summed E-state index contributed by atoms with van der Waals surface area (Å²) in [5, 5.41) is 12.2. The molecule has 7 heteroatoms. The van der Waals surface area contributed by atoms with Crippen molar-refractivity contribution in [3.63, 3.8) is 0 Å². The standard InChI is InChI=1S/C18H19ClN4OS/c1-25-11-9-15(18-22-21-16-4-2-3-10-23(16)18)20-17(24)12-13-5-7-14(19)8-6-13/h2-8,10,15H,9,11-12H2,1H3,(H,20,24)/t15-/m1/s1. The van der Waals surface area contributed by atoms with E-state index < -0.39 is 0 Å². The zero-order valence-electron chi connectivity index (χ0n) is 13.9. The predicted octanol–water partition coefficient (Wildman–Crippen LogP) is 3.54. The van der Waals surface area contributed by atoms with Gasteiger partial charge in [0.2, 0.25) is 5.91 Å². The molecule has 0 aliphatic carbocycles. The fourth-order valence-electron chi connectivity index (χ4n) is 2.63. The van der Waals surface area contributed by atoms with Crippen LogP contribution in [-0.2, 0) is 11.2 Å². The third-order valence-electron chi connectivity index (χ3n) is 3.88. The minimum Gasteiger partial charge on any atom is -0.346 e. The Morgan fingerprint density at radius 2 is 2.04 bits per heavy atom. The molecule has 2 aromatic heterocycles. The number of thioether (sulfide) groups is 1. The first-order chi connectivity index (χ1) is 12.2. The summed E-state index contributed by atoms with van der Waals surface area (Å²) < 4.78 is 1.92. The van der Waals surface area contributed by atoms with Gasteiger partial charge in [-0.2, -0.15) is 11.8 Å². The average molecular weight is 375 g/mol. The van der Waals surface area contributed by atoms with Crippen molar-refractivity contribution in [3.05, 3.63) is 65.1 Å². The van der Waals surface area contributed by atoms with Crippen LogP contribution in [0.4, 0.5) is 0 Å². The van der Waals surface area contributed by atoms with Crippen molar-refractivity contribution in [3.8, 4) is 0 Å². The van der Waals surface area contributed by atoms with Gasteiger partial charge in [-0.15, -0.1) is 10.2 Å². The van der Waals surface area contributed by atoms with E-state index in [0.717, 1.165) is 29.2 Å². The molecule has 1 aromatic carbocycles. The molecule has 1 atom stereocenters. The fraction of sp³-hybridized carbons (Fsp3) is 0.278. The molecule has 2 heterocycles. The summed E-state index contributed by atoms with van der Waals surface area (Å²) in [6.45, 7) is 0. The second-order valence-electron chi connectivity index (χ2n) is 5.69. The normalized spacial score (nSPS) is 12.2. The number of amides is 1. The molecule has 3 aromatic rings. The number of carbonyl (C=O) groups excluding carboxylic acids is 1. The summed E-state index contributed by atoms with van der Waals surface area (Å²) in [6, 6.07) is 12.9. The average Bonchev–Trinajstić information content (AvgIpc) is 3.04. The Balaban J connectivity index is 1.76. The van der Waals surface area contributed by atoms with E-state index in [1.54, 1.807) is 23.9 Å². The molecule has 130 valence electrons. The lowest BCUT2D eigenvalue weighted by Gasteiger charge is -2.17. The van der Waals surface area contributed by atoms with E-state index in [0.29, 0.717) is 11.4 Å². The van der Waals surface area contributed by atoms with E-state index in [4.69, 9.17) is 11.6 Å². The van der Waals surface area contributed by atoms with Crippen LogP contribution in [0, 0.1) is 0 Å². The molecular weight excluding hydrogens is 356 g/mol. The Hall–Kier alpha value is -2.05. The number of hydrogen-bond acceptors (Lipinski definition) is 4. The first-order valence-electron chi connectivity index (χ1n) is 8.00. The number of nitrogens with one attached hydrogen (secondary N) is 1. The Labute approximate surface area is 155 Å². The number of fused-ring (bicyclic) bond motifs is 1. The minimum absolute atomic E-state index is 0.0406. The SMILES string of the molecule is CSCC[C@@H](NC(=O)Cc1ccc(Cl)cc1)c1nnc2ccccn12. The summed E-state index contributed by atoms with van der Waals surface area (Å²) in [6.07, 6.45) is 5.07. The number of rotatable bonds is 7. The van der Waals surface area contributed by atoms with Crippen molar-refractivity contribution >= 4 is 34.9 Å². The molecule has 1 amide bonds. The van der Waals surface area contributed by atoms with Crippen LogP contribution in [0.1, 0.15) is 23.9 Å². The molecular formula is C18H19ClN4OS. The molecule has 0 radical (unpaired) electrons. The number of halogens is 1. The number of pyridine rings is 1. The van der Waals surface area contributed by atoms with Gasteiger partial charge in [-0.3, -0.25) is 9.20 Å². The van der Waals surface area contributed by atoms with Crippen molar-refractivity contribution < 1.29 is 4.79 Å².